The van der Waals surface area contributed by atoms with Gasteiger partial charge in [-0.1, -0.05) is 12.1 Å². The molecule has 0 saturated heterocycles. The van der Waals surface area contributed by atoms with Crippen LogP contribution >= 0.6 is 11.8 Å². The van der Waals surface area contributed by atoms with Crippen LogP contribution in [0.2, 0.25) is 0 Å². The van der Waals surface area contributed by atoms with Crippen LogP contribution in [0.3, 0.4) is 0 Å². The van der Waals surface area contributed by atoms with Crippen LogP contribution in [0.25, 0.3) is 0 Å². The lowest BCUT2D eigenvalue weighted by atomic mass is 10.2. The summed E-state index contributed by atoms with van der Waals surface area (Å²) in [4.78, 5) is 26.8. The number of rotatable bonds is 4. The van der Waals surface area contributed by atoms with Gasteiger partial charge in [-0.05, 0) is 37.8 Å². The van der Waals surface area contributed by atoms with Crippen LogP contribution in [0.1, 0.15) is 19.8 Å². The molecule has 1 aliphatic carbocycles. The summed E-state index contributed by atoms with van der Waals surface area (Å²) in [6.07, 6.45) is 2.40. The first-order valence-electron chi connectivity index (χ1n) is 6.96. The van der Waals surface area contributed by atoms with E-state index in [9.17, 15) is 9.59 Å². The molecule has 1 aromatic carbocycles. The maximum absolute atomic E-state index is 12.1. The van der Waals surface area contributed by atoms with E-state index in [1.165, 1.54) is 24.6 Å². The molecule has 3 rings (SSSR count). The van der Waals surface area contributed by atoms with Crippen molar-refractivity contribution in [2.45, 2.75) is 30.7 Å². The van der Waals surface area contributed by atoms with Gasteiger partial charge in [0.05, 0.1) is 11.4 Å². The third kappa shape index (κ3) is 2.82. The first-order chi connectivity index (χ1) is 9.65. The van der Waals surface area contributed by atoms with Crippen molar-refractivity contribution < 1.29 is 9.59 Å². The predicted molar refractivity (Wildman–Crippen MR) is 79.8 cm³/mol. The molecule has 1 aliphatic heterocycles. The maximum Gasteiger partial charge on any atom is 0.240 e. The number of thioether (sulfide) groups is 1. The Morgan fingerprint density at radius 1 is 1.45 bits per heavy atom. The number of nitrogens with one attached hydrogen (secondary N) is 1. The van der Waals surface area contributed by atoms with Gasteiger partial charge < -0.3 is 10.2 Å². The lowest BCUT2D eigenvalue weighted by Gasteiger charge is -2.28. The number of fused-ring (bicyclic) bond motifs is 1. The summed E-state index contributed by atoms with van der Waals surface area (Å²) in [5.74, 6) is 0.962. The van der Waals surface area contributed by atoms with Crippen molar-refractivity contribution in [3.63, 3.8) is 0 Å². The lowest BCUT2D eigenvalue weighted by molar-refractivity contribution is -0.123. The Morgan fingerprint density at radius 3 is 2.95 bits per heavy atom. The largest absolute Gasteiger partial charge is 0.352 e. The van der Waals surface area contributed by atoms with Crippen molar-refractivity contribution >= 4 is 29.3 Å². The van der Waals surface area contributed by atoms with Gasteiger partial charge in [0.2, 0.25) is 11.8 Å². The molecule has 5 heteroatoms. The van der Waals surface area contributed by atoms with Crippen molar-refractivity contribution in [2.24, 2.45) is 5.92 Å². The zero-order valence-electron chi connectivity index (χ0n) is 11.5. The normalized spacial score (nSPS) is 19.4. The second kappa shape index (κ2) is 5.48. The third-order valence-corrected chi connectivity index (χ3v) is 4.88. The van der Waals surface area contributed by atoms with E-state index in [2.05, 4.69) is 5.32 Å². The summed E-state index contributed by atoms with van der Waals surface area (Å²) in [7, 11) is 0. The fraction of sp³-hybridized carbons (Fsp3) is 0.467. The highest BCUT2D eigenvalue weighted by Crippen LogP contribution is 2.35. The summed E-state index contributed by atoms with van der Waals surface area (Å²) >= 11 is 1.53. The van der Waals surface area contributed by atoms with Crippen molar-refractivity contribution in [3.8, 4) is 0 Å². The quantitative estimate of drug-likeness (QED) is 0.923. The minimum absolute atomic E-state index is 0.00271. The number of carbonyl (C=O) groups is 2. The molecule has 1 N–H and O–H groups in total. The van der Waals surface area contributed by atoms with E-state index in [0.29, 0.717) is 11.7 Å². The topological polar surface area (TPSA) is 49.4 Å². The second-order valence-electron chi connectivity index (χ2n) is 5.43. The highest BCUT2D eigenvalue weighted by molar-refractivity contribution is 8.00. The Bertz CT molecular complexity index is 542. The predicted octanol–water partition coefficient (Wildman–Crippen LogP) is 2.04. The van der Waals surface area contributed by atoms with E-state index in [1.807, 2.05) is 31.2 Å². The van der Waals surface area contributed by atoms with E-state index in [4.69, 9.17) is 0 Å². The SMILES string of the molecule is CC(NC(=O)CN1C(=O)CSc2ccccc21)C1CC1. The highest BCUT2D eigenvalue weighted by Gasteiger charge is 2.30. The van der Waals surface area contributed by atoms with Gasteiger partial charge in [0.1, 0.15) is 6.54 Å². The summed E-state index contributed by atoms with van der Waals surface area (Å²) in [5, 5.41) is 3.00. The number of hydrogen-bond donors (Lipinski definition) is 1. The van der Waals surface area contributed by atoms with Crippen LogP contribution in [0.15, 0.2) is 29.2 Å². The average molecular weight is 290 g/mol. The van der Waals surface area contributed by atoms with Crippen LogP contribution in [0.4, 0.5) is 5.69 Å². The second-order valence-corrected chi connectivity index (χ2v) is 6.45. The van der Waals surface area contributed by atoms with E-state index in [-0.39, 0.29) is 24.4 Å². The summed E-state index contributed by atoms with van der Waals surface area (Å²) in [6.45, 7) is 2.16. The van der Waals surface area contributed by atoms with E-state index >= 15 is 0 Å². The Morgan fingerprint density at radius 2 is 2.20 bits per heavy atom. The van der Waals surface area contributed by atoms with Crippen molar-refractivity contribution in [1.29, 1.82) is 0 Å². The highest BCUT2D eigenvalue weighted by atomic mass is 32.2. The fourth-order valence-corrected chi connectivity index (χ4v) is 3.42. The minimum atomic E-state index is -0.0700. The first kappa shape index (κ1) is 13.5. The van der Waals surface area contributed by atoms with Crippen molar-refractivity contribution in [1.82, 2.24) is 5.32 Å². The standard InChI is InChI=1S/C15H18N2O2S/c1-10(11-6-7-11)16-14(18)8-17-12-4-2-3-5-13(12)20-9-15(17)19/h2-5,10-11H,6-9H2,1H3,(H,16,18). The minimum Gasteiger partial charge on any atom is -0.352 e. The van der Waals surface area contributed by atoms with Gasteiger partial charge in [-0.2, -0.15) is 0 Å². The molecule has 1 saturated carbocycles. The summed E-state index contributed by atoms with van der Waals surface area (Å²) < 4.78 is 0. The summed E-state index contributed by atoms with van der Waals surface area (Å²) in [6, 6.07) is 7.96. The molecule has 1 aromatic rings. The van der Waals surface area contributed by atoms with Crippen LogP contribution in [0, 0.1) is 5.92 Å². The molecule has 1 atom stereocenters. The molecule has 0 radical (unpaired) electrons. The van der Waals surface area contributed by atoms with Gasteiger partial charge in [0.25, 0.3) is 0 Å². The van der Waals surface area contributed by atoms with Crippen LogP contribution < -0.4 is 10.2 Å². The van der Waals surface area contributed by atoms with E-state index in [1.54, 1.807) is 4.90 Å². The van der Waals surface area contributed by atoms with Gasteiger partial charge in [0, 0.05) is 10.9 Å². The van der Waals surface area contributed by atoms with Gasteiger partial charge in [-0.3, -0.25) is 9.59 Å². The van der Waals surface area contributed by atoms with E-state index in [0.717, 1.165) is 10.6 Å². The maximum atomic E-state index is 12.1. The first-order valence-corrected chi connectivity index (χ1v) is 7.95. The fourth-order valence-electron chi connectivity index (χ4n) is 2.48. The zero-order valence-corrected chi connectivity index (χ0v) is 12.3. The molecule has 2 aliphatic rings. The van der Waals surface area contributed by atoms with E-state index < -0.39 is 0 Å². The molecule has 2 amide bonds. The number of hydrogen-bond acceptors (Lipinski definition) is 3. The number of amides is 2. The number of nitrogens with zero attached hydrogens (tertiary/aromatic N) is 1. The average Bonchev–Trinajstić information content (AvgIpc) is 3.26. The third-order valence-electron chi connectivity index (χ3n) is 3.83. The smallest absolute Gasteiger partial charge is 0.240 e. The Hall–Kier alpha value is -1.49. The lowest BCUT2D eigenvalue weighted by Crippen LogP contribution is -2.45. The Kier molecular flexibility index (Phi) is 3.70. The molecule has 0 bridgehead atoms. The molecule has 4 nitrogen and oxygen atoms in total. The monoisotopic (exact) mass is 290 g/mol. The van der Waals surface area contributed by atoms with Crippen LogP contribution in [0.5, 0.6) is 0 Å². The summed E-state index contributed by atoms with van der Waals surface area (Å²) in [5.41, 5.74) is 0.850. The van der Waals surface area contributed by atoms with Gasteiger partial charge in [-0.15, -0.1) is 11.8 Å². The van der Waals surface area contributed by atoms with Crippen molar-refractivity contribution in [2.75, 3.05) is 17.2 Å². The molecule has 1 heterocycles. The molecule has 0 spiro atoms. The molecule has 20 heavy (non-hydrogen) atoms. The van der Waals surface area contributed by atoms with Crippen molar-refractivity contribution in [3.05, 3.63) is 24.3 Å². The zero-order chi connectivity index (χ0) is 14.1. The van der Waals surface area contributed by atoms with Crippen LogP contribution in [-0.2, 0) is 9.59 Å². The molecule has 106 valence electrons. The Balaban J connectivity index is 1.69. The van der Waals surface area contributed by atoms with Gasteiger partial charge >= 0.3 is 0 Å². The van der Waals surface area contributed by atoms with Gasteiger partial charge in [0.15, 0.2) is 0 Å². The molecule has 1 unspecified atom stereocenters. The molecular formula is C15H18N2O2S. The molecule has 1 fully saturated rings. The molecular weight excluding hydrogens is 272 g/mol. The number of para-hydroxylation sites is 1. The van der Waals surface area contributed by atoms with Gasteiger partial charge in [-0.25, -0.2) is 0 Å². The molecule has 0 aromatic heterocycles. The number of anilines is 1. The Labute approximate surface area is 122 Å². The number of carbonyl (C=O) groups excluding carboxylic acids is 2. The van der Waals surface area contributed by atoms with Crippen LogP contribution in [-0.4, -0.2) is 30.2 Å². The number of benzene rings is 1.